The first-order valence-corrected chi connectivity index (χ1v) is 5.69. The van der Waals surface area contributed by atoms with Crippen molar-refractivity contribution in [1.29, 1.82) is 0 Å². The van der Waals surface area contributed by atoms with Gasteiger partial charge in [0, 0.05) is 12.7 Å². The van der Waals surface area contributed by atoms with Crippen LogP contribution in [0.15, 0.2) is 16.7 Å². The summed E-state index contributed by atoms with van der Waals surface area (Å²) >= 11 is 1.46. The van der Waals surface area contributed by atoms with Crippen LogP contribution in [-0.2, 0) is 4.79 Å². The lowest BCUT2D eigenvalue weighted by atomic mass is 10.3. The lowest BCUT2D eigenvalue weighted by molar-refractivity contribution is -0.120. The van der Waals surface area contributed by atoms with Gasteiger partial charge in [-0.05, 0) is 6.42 Å². The topological polar surface area (TPSA) is 66.4 Å². The fourth-order valence-corrected chi connectivity index (χ4v) is 1.97. The maximum atomic E-state index is 11.6. The highest BCUT2D eigenvalue weighted by Crippen LogP contribution is 2.19. The number of guanidine groups is 1. The van der Waals surface area contributed by atoms with Gasteiger partial charge in [0.25, 0.3) is 5.91 Å². The minimum atomic E-state index is -0.326. The Balaban J connectivity index is 2.08. The first-order valence-electron chi connectivity index (χ1n) is 4.81. The van der Waals surface area contributed by atoms with Crippen molar-refractivity contribution in [2.45, 2.75) is 19.4 Å². The van der Waals surface area contributed by atoms with E-state index in [2.05, 4.69) is 20.6 Å². The van der Waals surface area contributed by atoms with E-state index in [0.29, 0.717) is 5.96 Å². The summed E-state index contributed by atoms with van der Waals surface area (Å²) in [7, 11) is 0. The van der Waals surface area contributed by atoms with Gasteiger partial charge in [-0.25, -0.2) is 0 Å². The maximum Gasteiger partial charge on any atom is 0.254 e. The molecule has 80 valence electrons. The van der Waals surface area contributed by atoms with Crippen molar-refractivity contribution in [2.24, 2.45) is 4.99 Å². The number of carbonyl (C=O) groups is 1. The summed E-state index contributed by atoms with van der Waals surface area (Å²) in [5, 5.41) is 5.74. The molecular weight excluding hydrogens is 212 g/mol. The van der Waals surface area contributed by atoms with E-state index in [-0.39, 0.29) is 11.9 Å². The van der Waals surface area contributed by atoms with Crippen molar-refractivity contribution in [3.8, 4) is 0 Å². The molecular formula is C9H12N4OS. The standard InChI is InChI=1S/C9H12N4OS/c1-2-3-11-9-12-7(8(14)13-9)6-4-10-5-15-6/h4-5,7H,2-3H2,1H3,(H2,11,12,13,14). The van der Waals surface area contributed by atoms with E-state index < -0.39 is 0 Å². The van der Waals surface area contributed by atoms with Crippen molar-refractivity contribution < 1.29 is 4.79 Å². The van der Waals surface area contributed by atoms with Gasteiger partial charge >= 0.3 is 0 Å². The largest absolute Gasteiger partial charge is 0.340 e. The summed E-state index contributed by atoms with van der Waals surface area (Å²) in [4.78, 5) is 20.6. The summed E-state index contributed by atoms with van der Waals surface area (Å²) in [5.74, 6) is 0.509. The van der Waals surface area contributed by atoms with Gasteiger partial charge in [-0.15, -0.1) is 11.3 Å². The molecule has 2 rings (SSSR count). The Kier molecular flexibility index (Phi) is 2.96. The molecule has 0 radical (unpaired) electrons. The quantitative estimate of drug-likeness (QED) is 0.793. The second-order valence-corrected chi connectivity index (χ2v) is 4.12. The minimum Gasteiger partial charge on any atom is -0.340 e. The SMILES string of the molecule is CCCN=C1NC(=O)C(c2cncs2)N1. The van der Waals surface area contributed by atoms with Crippen LogP contribution >= 0.6 is 11.3 Å². The van der Waals surface area contributed by atoms with Gasteiger partial charge in [-0.3, -0.25) is 20.1 Å². The number of hydrogen-bond acceptors (Lipinski definition) is 4. The lowest BCUT2D eigenvalue weighted by Crippen LogP contribution is -2.25. The molecule has 1 amide bonds. The fraction of sp³-hybridized carbons (Fsp3) is 0.444. The van der Waals surface area contributed by atoms with Crippen molar-refractivity contribution in [2.75, 3.05) is 6.54 Å². The minimum absolute atomic E-state index is 0.0610. The fourth-order valence-electron chi connectivity index (χ4n) is 1.30. The third kappa shape index (κ3) is 2.15. The summed E-state index contributed by atoms with van der Waals surface area (Å²) in [5.41, 5.74) is 1.71. The van der Waals surface area contributed by atoms with Crippen LogP contribution in [0, 0.1) is 0 Å². The molecule has 0 aromatic carbocycles. The van der Waals surface area contributed by atoms with Crippen molar-refractivity contribution in [3.63, 3.8) is 0 Å². The number of aliphatic imine (C=N–C) groups is 1. The smallest absolute Gasteiger partial charge is 0.254 e. The molecule has 1 aliphatic heterocycles. The van der Waals surface area contributed by atoms with Crippen molar-refractivity contribution >= 4 is 23.2 Å². The summed E-state index contributed by atoms with van der Waals surface area (Å²) in [6.45, 7) is 2.76. The van der Waals surface area contributed by atoms with E-state index in [4.69, 9.17) is 0 Å². The molecule has 1 atom stereocenters. The van der Waals surface area contributed by atoms with E-state index >= 15 is 0 Å². The van der Waals surface area contributed by atoms with Gasteiger partial charge in [0.2, 0.25) is 0 Å². The Labute approximate surface area is 91.6 Å². The number of amides is 1. The average molecular weight is 224 g/mol. The summed E-state index contributed by atoms with van der Waals surface area (Å²) in [6, 6.07) is -0.326. The molecule has 2 heterocycles. The zero-order chi connectivity index (χ0) is 10.7. The number of thiazole rings is 1. The molecule has 0 aliphatic carbocycles. The number of aromatic nitrogens is 1. The van der Waals surface area contributed by atoms with Crippen molar-refractivity contribution in [3.05, 3.63) is 16.6 Å². The molecule has 0 saturated carbocycles. The predicted molar refractivity (Wildman–Crippen MR) is 58.7 cm³/mol. The Hall–Kier alpha value is -1.43. The van der Waals surface area contributed by atoms with E-state index in [1.807, 2.05) is 6.92 Å². The van der Waals surface area contributed by atoms with Gasteiger partial charge in [0.05, 0.1) is 10.4 Å². The van der Waals surface area contributed by atoms with E-state index in [0.717, 1.165) is 17.8 Å². The summed E-state index contributed by atoms with van der Waals surface area (Å²) in [6.07, 6.45) is 2.66. The third-order valence-electron chi connectivity index (χ3n) is 2.01. The zero-order valence-electron chi connectivity index (χ0n) is 8.36. The number of hydrogen-bond donors (Lipinski definition) is 2. The van der Waals surface area contributed by atoms with E-state index in [1.165, 1.54) is 11.3 Å². The molecule has 1 aliphatic rings. The molecule has 1 fully saturated rings. The molecule has 0 spiro atoms. The van der Waals surface area contributed by atoms with Gasteiger partial charge in [-0.2, -0.15) is 0 Å². The molecule has 2 N–H and O–H groups in total. The van der Waals surface area contributed by atoms with E-state index in [9.17, 15) is 4.79 Å². The molecule has 0 bridgehead atoms. The van der Waals surface area contributed by atoms with Gasteiger partial charge < -0.3 is 5.32 Å². The Morgan fingerprint density at radius 3 is 3.20 bits per heavy atom. The van der Waals surface area contributed by atoms with Gasteiger partial charge in [0.1, 0.15) is 6.04 Å². The van der Waals surface area contributed by atoms with Crippen LogP contribution in [0.2, 0.25) is 0 Å². The molecule has 1 saturated heterocycles. The Morgan fingerprint density at radius 2 is 2.53 bits per heavy atom. The molecule has 15 heavy (non-hydrogen) atoms. The second-order valence-electron chi connectivity index (χ2n) is 3.20. The van der Waals surface area contributed by atoms with Crippen LogP contribution < -0.4 is 10.6 Å². The van der Waals surface area contributed by atoms with Gasteiger partial charge in [0.15, 0.2) is 5.96 Å². The monoisotopic (exact) mass is 224 g/mol. The lowest BCUT2D eigenvalue weighted by Gasteiger charge is -2.02. The normalized spacial score (nSPS) is 22.9. The van der Waals surface area contributed by atoms with E-state index in [1.54, 1.807) is 11.7 Å². The van der Waals surface area contributed by atoms with Gasteiger partial charge in [-0.1, -0.05) is 6.92 Å². The molecule has 1 aromatic rings. The Bertz CT molecular complexity index is 373. The van der Waals surface area contributed by atoms with Crippen molar-refractivity contribution in [1.82, 2.24) is 15.6 Å². The molecule has 1 aromatic heterocycles. The zero-order valence-corrected chi connectivity index (χ0v) is 9.17. The van der Waals surface area contributed by atoms with Crippen LogP contribution in [0.5, 0.6) is 0 Å². The molecule has 6 heteroatoms. The van der Waals surface area contributed by atoms with Crippen LogP contribution in [0.1, 0.15) is 24.3 Å². The van der Waals surface area contributed by atoms with Crippen LogP contribution in [0.25, 0.3) is 0 Å². The second kappa shape index (κ2) is 4.39. The first kappa shape index (κ1) is 10.1. The number of nitrogens with zero attached hydrogens (tertiary/aromatic N) is 2. The number of carbonyl (C=O) groups excluding carboxylic acids is 1. The molecule has 5 nitrogen and oxygen atoms in total. The predicted octanol–water partition coefficient (Wildman–Crippen LogP) is 0.670. The number of nitrogens with one attached hydrogen (secondary N) is 2. The maximum absolute atomic E-state index is 11.6. The van der Waals surface area contributed by atoms with Crippen LogP contribution in [-0.4, -0.2) is 23.4 Å². The molecule has 1 unspecified atom stereocenters. The summed E-state index contributed by atoms with van der Waals surface area (Å²) < 4.78 is 0. The highest BCUT2D eigenvalue weighted by Gasteiger charge is 2.30. The number of rotatable bonds is 3. The Morgan fingerprint density at radius 1 is 1.67 bits per heavy atom. The third-order valence-corrected chi connectivity index (χ3v) is 2.85. The highest BCUT2D eigenvalue weighted by atomic mass is 32.1. The van der Waals surface area contributed by atoms with Crippen LogP contribution in [0.3, 0.4) is 0 Å². The highest BCUT2D eigenvalue weighted by molar-refractivity contribution is 7.09. The van der Waals surface area contributed by atoms with Crippen LogP contribution in [0.4, 0.5) is 0 Å². The average Bonchev–Trinajstić information content (AvgIpc) is 2.83. The first-order chi connectivity index (χ1) is 7.31.